The van der Waals surface area contributed by atoms with Gasteiger partial charge in [-0.1, -0.05) is 31.3 Å². The fraction of sp³-hybridized carbons (Fsp3) is 0.500. The second-order valence-electron chi connectivity index (χ2n) is 4.73. The van der Waals surface area contributed by atoms with Gasteiger partial charge >= 0.3 is 0 Å². The van der Waals surface area contributed by atoms with Gasteiger partial charge in [0.25, 0.3) is 0 Å². The van der Waals surface area contributed by atoms with Crippen molar-refractivity contribution in [2.45, 2.75) is 39.2 Å². The molecule has 2 N–H and O–H groups in total. The Hall–Kier alpha value is -1.09. The summed E-state index contributed by atoms with van der Waals surface area (Å²) in [5, 5.41) is 0. The van der Waals surface area contributed by atoms with E-state index in [1.165, 1.54) is 30.5 Å². The van der Waals surface area contributed by atoms with Crippen molar-refractivity contribution in [3.63, 3.8) is 0 Å². The van der Waals surface area contributed by atoms with Crippen molar-refractivity contribution in [1.82, 2.24) is 0 Å². The zero-order chi connectivity index (χ0) is 12.4. The minimum absolute atomic E-state index is 0.505. The lowest BCUT2D eigenvalue weighted by Gasteiger charge is -2.29. The summed E-state index contributed by atoms with van der Waals surface area (Å²) >= 11 is 5.17. The molecule has 1 aromatic rings. The van der Waals surface area contributed by atoms with E-state index >= 15 is 0 Å². The molecule has 1 atom stereocenters. The number of hydrogen-bond acceptors (Lipinski definition) is 2. The van der Waals surface area contributed by atoms with Gasteiger partial charge in [0.1, 0.15) is 4.99 Å². The summed E-state index contributed by atoms with van der Waals surface area (Å²) in [4.78, 5) is 2.99. The lowest BCUT2D eigenvalue weighted by Crippen LogP contribution is -2.31. The Morgan fingerprint density at radius 3 is 2.94 bits per heavy atom. The maximum Gasteiger partial charge on any atom is 0.106 e. The van der Waals surface area contributed by atoms with Crippen molar-refractivity contribution in [1.29, 1.82) is 0 Å². The molecule has 1 aliphatic rings. The summed E-state index contributed by atoms with van der Waals surface area (Å²) < 4.78 is 0. The van der Waals surface area contributed by atoms with Crippen LogP contribution in [0.3, 0.4) is 0 Å². The van der Waals surface area contributed by atoms with Crippen molar-refractivity contribution >= 4 is 22.9 Å². The number of thiocarbonyl (C=S) groups is 1. The number of hydrogen-bond donors (Lipinski definition) is 1. The first-order chi connectivity index (χ1) is 8.15. The van der Waals surface area contributed by atoms with Gasteiger partial charge in [0.15, 0.2) is 0 Å². The van der Waals surface area contributed by atoms with Crippen LogP contribution in [-0.2, 0) is 0 Å². The van der Waals surface area contributed by atoms with Crippen LogP contribution in [0.25, 0.3) is 0 Å². The van der Waals surface area contributed by atoms with E-state index in [4.69, 9.17) is 18.0 Å². The molecule has 92 valence electrons. The van der Waals surface area contributed by atoms with Crippen LogP contribution in [-0.4, -0.2) is 17.6 Å². The number of anilines is 1. The lowest BCUT2D eigenvalue weighted by atomic mass is 10.0. The van der Waals surface area contributed by atoms with Crippen LogP contribution in [0.4, 0.5) is 5.69 Å². The van der Waals surface area contributed by atoms with Crippen LogP contribution >= 0.6 is 12.2 Å². The maximum atomic E-state index is 5.84. The molecule has 1 saturated heterocycles. The summed E-state index contributed by atoms with van der Waals surface area (Å²) in [6, 6.07) is 6.85. The van der Waals surface area contributed by atoms with E-state index in [0.717, 1.165) is 12.1 Å². The second kappa shape index (κ2) is 5.05. The number of nitrogens with two attached hydrogens (primary N) is 1. The zero-order valence-corrected chi connectivity index (χ0v) is 11.4. The average molecular weight is 248 g/mol. The SMILES string of the molecule is CCC1CCCN1c1c(C)cccc1C(N)=S. The van der Waals surface area contributed by atoms with E-state index in [2.05, 4.69) is 24.8 Å². The predicted molar refractivity (Wildman–Crippen MR) is 77.7 cm³/mol. The molecule has 0 bridgehead atoms. The molecule has 1 aliphatic heterocycles. The molecule has 2 rings (SSSR count). The highest BCUT2D eigenvalue weighted by molar-refractivity contribution is 7.80. The Morgan fingerprint density at radius 1 is 1.53 bits per heavy atom. The van der Waals surface area contributed by atoms with E-state index in [-0.39, 0.29) is 0 Å². The van der Waals surface area contributed by atoms with Crippen molar-refractivity contribution in [3.05, 3.63) is 29.3 Å². The molecule has 1 fully saturated rings. The number of nitrogens with zero attached hydrogens (tertiary/aromatic N) is 1. The van der Waals surface area contributed by atoms with Gasteiger partial charge in [0.05, 0.1) is 5.69 Å². The van der Waals surface area contributed by atoms with Gasteiger partial charge in [-0.2, -0.15) is 0 Å². The molecule has 0 saturated carbocycles. The zero-order valence-electron chi connectivity index (χ0n) is 10.6. The van der Waals surface area contributed by atoms with Crippen molar-refractivity contribution in [2.24, 2.45) is 5.73 Å². The summed E-state index contributed by atoms with van der Waals surface area (Å²) in [6.07, 6.45) is 3.73. The quantitative estimate of drug-likeness (QED) is 0.834. The molecule has 0 aromatic heterocycles. The maximum absolute atomic E-state index is 5.84. The summed E-state index contributed by atoms with van der Waals surface area (Å²) in [7, 11) is 0. The molecule has 1 heterocycles. The van der Waals surface area contributed by atoms with Gasteiger partial charge in [0.2, 0.25) is 0 Å². The van der Waals surface area contributed by atoms with Crippen molar-refractivity contribution in [3.8, 4) is 0 Å². The number of rotatable bonds is 3. The van der Waals surface area contributed by atoms with Gasteiger partial charge in [-0.05, 0) is 37.8 Å². The Bertz CT molecular complexity index is 428. The summed E-state index contributed by atoms with van der Waals surface area (Å²) in [5.74, 6) is 0. The first kappa shape index (κ1) is 12.4. The van der Waals surface area contributed by atoms with E-state index in [0.29, 0.717) is 11.0 Å². The van der Waals surface area contributed by atoms with E-state index < -0.39 is 0 Å². The van der Waals surface area contributed by atoms with E-state index in [1.54, 1.807) is 0 Å². The van der Waals surface area contributed by atoms with Gasteiger partial charge in [0, 0.05) is 18.2 Å². The van der Waals surface area contributed by atoms with Crippen molar-refractivity contribution < 1.29 is 0 Å². The molecule has 3 heteroatoms. The van der Waals surface area contributed by atoms with E-state index in [1.807, 2.05) is 12.1 Å². The predicted octanol–water partition coefficient (Wildman–Crippen LogP) is 3.01. The standard InChI is InChI=1S/C14H20N2S/c1-3-11-7-5-9-16(11)13-10(2)6-4-8-12(13)14(15)17/h4,6,8,11H,3,5,7,9H2,1-2H3,(H2,15,17). The molecule has 17 heavy (non-hydrogen) atoms. The molecule has 0 aliphatic carbocycles. The van der Waals surface area contributed by atoms with E-state index in [9.17, 15) is 0 Å². The largest absolute Gasteiger partial charge is 0.389 e. The summed E-state index contributed by atoms with van der Waals surface area (Å²) in [5.41, 5.74) is 9.40. The monoisotopic (exact) mass is 248 g/mol. The van der Waals surface area contributed by atoms with Gasteiger partial charge in [-0.15, -0.1) is 0 Å². The first-order valence-electron chi connectivity index (χ1n) is 6.31. The fourth-order valence-corrected chi connectivity index (χ4v) is 2.96. The van der Waals surface area contributed by atoms with Gasteiger partial charge < -0.3 is 10.6 Å². The Labute approximate surface area is 109 Å². The number of aryl methyl sites for hydroxylation is 1. The Kier molecular flexibility index (Phi) is 3.67. The number of benzene rings is 1. The average Bonchev–Trinajstić information content (AvgIpc) is 2.76. The highest BCUT2D eigenvalue weighted by atomic mass is 32.1. The third-order valence-corrected chi connectivity index (χ3v) is 3.86. The van der Waals surface area contributed by atoms with Crippen molar-refractivity contribution in [2.75, 3.05) is 11.4 Å². The molecule has 0 amide bonds. The van der Waals surface area contributed by atoms with Gasteiger partial charge in [-0.25, -0.2) is 0 Å². The third kappa shape index (κ3) is 2.29. The number of para-hydroxylation sites is 1. The van der Waals surface area contributed by atoms with Crippen LogP contribution in [0.15, 0.2) is 18.2 Å². The summed E-state index contributed by atoms with van der Waals surface area (Å²) in [6.45, 7) is 5.52. The molecule has 0 spiro atoms. The molecular weight excluding hydrogens is 228 g/mol. The minimum atomic E-state index is 0.505. The molecular formula is C14H20N2S. The smallest absolute Gasteiger partial charge is 0.106 e. The second-order valence-corrected chi connectivity index (χ2v) is 5.17. The normalized spacial score (nSPS) is 19.6. The van der Waals surface area contributed by atoms with Gasteiger partial charge in [-0.3, -0.25) is 0 Å². The lowest BCUT2D eigenvalue weighted by molar-refractivity contribution is 0.644. The first-order valence-corrected chi connectivity index (χ1v) is 6.72. The topological polar surface area (TPSA) is 29.3 Å². The van der Waals surface area contributed by atoms with Crippen LogP contribution in [0, 0.1) is 6.92 Å². The van der Waals surface area contributed by atoms with Crippen LogP contribution in [0.1, 0.15) is 37.3 Å². The highest BCUT2D eigenvalue weighted by Gasteiger charge is 2.26. The Balaban J connectivity index is 2.46. The molecule has 0 radical (unpaired) electrons. The molecule has 1 aromatic carbocycles. The fourth-order valence-electron chi connectivity index (χ4n) is 2.79. The molecule has 2 nitrogen and oxygen atoms in total. The highest BCUT2D eigenvalue weighted by Crippen LogP contribution is 2.32. The van der Waals surface area contributed by atoms with Crippen LogP contribution in [0.2, 0.25) is 0 Å². The molecule has 1 unspecified atom stereocenters. The minimum Gasteiger partial charge on any atom is -0.389 e. The Morgan fingerprint density at radius 2 is 2.29 bits per heavy atom. The van der Waals surface area contributed by atoms with Crippen LogP contribution in [0.5, 0.6) is 0 Å². The third-order valence-electron chi connectivity index (χ3n) is 3.64. The van der Waals surface area contributed by atoms with Crippen LogP contribution < -0.4 is 10.6 Å².